The van der Waals surface area contributed by atoms with Crippen molar-refractivity contribution in [3.8, 4) is 11.5 Å². The number of hydrogen-bond acceptors (Lipinski definition) is 4. The van der Waals surface area contributed by atoms with Crippen molar-refractivity contribution < 1.29 is 14.6 Å². The maximum absolute atomic E-state index is 8.64. The summed E-state index contributed by atoms with van der Waals surface area (Å²) in [5.41, 5.74) is 6.56. The smallest absolute Gasteiger partial charge is 0.123 e. The van der Waals surface area contributed by atoms with Gasteiger partial charge in [-0.3, -0.25) is 0 Å². The zero-order valence-electron chi connectivity index (χ0n) is 9.61. The van der Waals surface area contributed by atoms with Gasteiger partial charge in [0, 0.05) is 19.2 Å². The SMILES string of the molecule is COc1cc(CN)cc(OCCCCO)c1. The molecule has 3 N–H and O–H groups in total. The van der Waals surface area contributed by atoms with Gasteiger partial charge in [-0.15, -0.1) is 0 Å². The Balaban J connectivity index is 2.57. The van der Waals surface area contributed by atoms with Crippen molar-refractivity contribution in [2.75, 3.05) is 20.3 Å². The summed E-state index contributed by atoms with van der Waals surface area (Å²) < 4.78 is 10.7. The normalized spacial score (nSPS) is 10.2. The molecule has 0 saturated heterocycles. The number of hydrogen-bond donors (Lipinski definition) is 2. The zero-order valence-corrected chi connectivity index (χ0v) is 9.61. The van der Waals surface area contributed by atoms with Crippen LogP contribution in [0.5, 0.6) is 11.5 Å². The van der Waals surface area contributed by atoms with Crippen LogP contribution in [0.4, 0.5) is 0 Å². The van der Waals surface area contributed by atoms with E-state index in [2.05, 4.69) is 0 Å². The lowest BCUT2D eigenvalue weighted by Gasteiger charge is -2.09. The topological polar surface area (TPSA) is 64.7 Å². The Morgan fingerprint density at radius 3 is 2.56 bits per heavy atom. The average Bonchev–Trinajstić information content (AvgIpc) is 2.34. The molecule has 0 fully saturated rings. The molecule has 0 aromatic heterocycles. The minimum Gasteiger partial charge on any atom is -0.497 e. The van der Waals surface area contributed by atoms with E-state index in [1.165, 1.54) is 0 Å². The molecule has 0 spiro atoms. The highest BCUT2D eigenvalue weighted by molar-refractivity contribution is 5.38. The van der Waals surface area contributed by atoms with Gasteiger partial charge in [-0.2, -0.15) is 0 Å². The van der Waals surface area contributed by atoms with Crippen molar-refractivity contribution in [1.82, 2.24) is 0 Å². The lowest BCUT2D eigenvalue weighted by molar-refractivity contribution is 0.252. The number of aliphatic hydroxyl groups is 1. The van der Waals surface area contributed by atoms with Gasteiger partial charge in [-0.1, -0.05) is 0 Å². The Hall–Kier alpha value is -1.26. The maximum atomic E-state index is 8.64. The van der Waals surface area contributed by atoms with E-state index >= 15 is 0 Å². The minimum atomic E-state index is 0.204. The van der Waals surface area contributed by atoms with Gasteiger partial charge in [-0.05, 0) is 30.5 Å². The predicted octanol–water partition coefficient (Wildman–Crippen LogP) is 1.31. The van der Waals surface area contributed by atoms with Crippen LogP contribution in [-0.2, 0) is 6.54 Å². The highest BCUT2D eigenvalue weighted by Gasteiger charge is 2.01. The van der Waals surface area contributed by atoms with Crippen molar-refractivity contribution in [2.24, 2.45) is 5.73 Å². The lowest BCUT2D eigenvalue weighted by atomic mass is 10.2. The molecule has 90 valence electrons. The Morgan fingerprint density at radius 2 is 1.94 bits per heavy atom. The molecule has 4 nitrogen and oxygen atoms in total. The molecule has 4 heteroatoms. The highest BCUT2D eigenvalue weighted by atomic mass is 16.5. The Labute approximate surface area is 96.0 Å². The molecule has 0 bridgehead atoms. The van der Waals surface area contributed by atoms with E-state index in [4.69, 9.17) is 20.3 Å². The van der Waals surface area contributed by atoms with Gasteiger partial charge in [-0.25, -0.2) is 0 Å². The van der Waals surface area contributed by atoms with E-state index in [0.717, 1.165) is 29.9 Å². The number of nitrogens with two attached hydrogens (primary N) is 1. The first-order chi connectivity index (χ1) is 7.80. The van der Waals surface area contributed by atoms with Gasteiger partial charge >= 0.3 is 0 Å². The third kappa shape index (κ3) is 4.08. The number of rotatable bonds is 7. The van der Waals surface area contributed by atoms with Crippen LogP contribution in [0.1, 0.15) is 18.4 Å². The molecule has 0 amide bonds. The van der Waals surface area contributed by atoms with Crippen LogP contribution in [0.25, 0.3) is 0 Å². The summed E-state index contributed by atoms with van der Waals surface area (Å²) in [6, 6.07) is 5.63. The summed E-state index contributed by atoms with van der Waals surface area (Å²) in [6.07, 6.45) is 1.60. The summed E-state index contributed by atoms with van der Waals surface area (Å²) in [7, 11) is 1.62. The van der Waals surface area contributed by atoms with Crippen LogP contribution in [0.15, 0.2) is 18.2 Å². The van der Waals surface area contributed by atoms with Crippen molar-refractivity contribution in [3.63, 3.8) is 0 Å². The molecule has 1 aromatic rings. The molecule has 0 saturated carbocycles. The standard InChI is InChI=1S/C12H19NO3/c1-15-11-6-10(9-13)7-12(8-11)16-5-3-2-4-14/h6-8,14H,2-5,9,13H2,1H3. The molecule has 16 heavy (non-hydrogen) atoms. The Morgan fingerprint density at radius 1 is 1.19 bits per heavy atom. The largest absolute Gasteiger partial charge is 0.497 e. The van der Waals surface area contributed by atoms with Gasteiger partial charge < -0.3 is 20.3 Å². The second-order valence-corrected chi connectivity index (χ2v) is 3.50. The molecule has 1 aromatic carbocycles. The lowest BCUT2D eigenvalue weighted by Crippen LogP contribution is -2.01. The number of unbranched alkanes of at least 4 members (excludes halogenated alkanes) is 1. The third-order valence-corrected chi connectivity index (χ3v) is 2.23. The average molecular weight is 225 g/mol. The summed E-state index contributed by atoms with van der Waals surface area (Å²) in [5, 5.41) is 8.64. The first-order valence-electron chi connectivity index (χ1n) is 5.42. The van der Waals surface area contributed by atoms with Crippen molar-refractivity contribution in [3.05, 3.63) is 23.8 Å². The van der Waals surface area contributed by atoms with Gasteiger partial charge in [0.15, 0.2) is 0 Å². The van der Waals surface area contributed by atoms with E-state index in [-0.39, 0.29) is 6.61 Å². The van der Waals surface area contributed by atoms with Crippen molar-refractivity contribution >= 4 is 0 Å². The molecule has 1 rings (SSSR count). The molecular formula is C12H19NO3. The maximum Gasteiger partial charge on any atom is 0.123 e. The van der Waals surface area contributed by atoms with Crippen molar-refractivity contribution in [2.45, 2.75) is 19.4 Å². The van der Waals surface area contributed by atoms with E-state index < -0.39 is 0 Å². The van der Waals surface area contributed by atoms with Crippen molar-refractivity contribution in [1.29, 1.82) is 0 Å². The molecule has 0 unspecified atom stereocenters. The first-order valence-corrected chi connectivity index (χ1v) is 5.42. The van der Waals surface area contributed by atoms with E-state index in [0.29, 0.717) is 13.2 Å². The second-order valence-electron chi connectivity index (χ2n) is 3.50. The molecule has 0 aliphatic rings. The van der Waals surface area contributed by atoms with Gasteiger partial charge in [0.05, 0.1) is 13.7 Å². The third-order valence-electron chi connectivity index (χ3n) is 2.23. The Bertz CT molecular complexity index is 293. The van der Waals surface area contributed by atoms with Gasteiger partial charge in [0.25, 0.3) is 0 Å². The molecule has 0 atom stereocenters. The highest BCUT2D eigenvalue weighted by Crippen LogP contribution is 2.22. The van der Waals surface area contributed by atoms with Crippen LogP contribution in [0.2, 0.25) is 0 Å². The second kappa shape index (κ2) is 7.09. The predicted molar refractivity (Wildman–Crippen MR) is 62.7 cm³/mol. The molecule has 0 heterocycles. The van der Waals surface area contributed by atoms with E-state index in [1.807, 2.05) is 18.2 Å². The summed E-state index contributed by atoms with van der Waals surface area (Å²) in [6.45, 7) is 1.26. The quantitative estimate of drug-likeness (QED) is 0.687. The monoisotopic (exact) mass is 225 g/mol. The number of ether oxygens (including phenoxy) is 2. The van der Waals surface area contributed by atoms with Gasteiger partial charge in [0.1, 0.15) is 11.5 Å². The number of aliphatic hydroxyl groups excluding tert-OH is 1. The van der Waals surface area contributed by atoms with Crippen LogP contribution in [0.3, 0.4) is 0 Å². The first kappa shape index (κ1) is 12.8. The van der Waals surface area contributed by atoms with E-state index in [1.54, 1.807) is 7.11 Å². The fourth-order valence-corrected chi connectivity index (χ4v) is 1.35. The van der Waals surface area contributed by atoms with E-state index in [9.17, 15) is 0 Å². The zero-order chi connectivity index (χ0) is 11.8. The molecule has 0 aliphatic carbocycles. The minimum absolute atomic E-state index is 0.204. The molecular weight excluding hydrogens is 206 g/mol. The fourth-order valence-electron chi connectivity index (χ4n) is 1.35. The summed E-state index contributed by atoms with van der Waals surface area (Å²) in [4.78, 5) is 0. The van der Waals surface area contributed by atoms with Crippen LogP contribution < -0.4 is 15.2 Å². The Kier molecular flexibility index (Phi) is 5.67. The fraction of sp³-hybridized carbons (Fsp3) is 0.500. The molecule has 0 aliphatic heterocycles. The van der Waals surface area contributed by atoms with Crippen LogP contribution >= 0.6 is 0 Å². The molecule has 0 radical (unpaired) electrons. The number of methoxy groups -OCH3 is 1. The number of benzene rings is 1. The van der Waals surface area contributed by atoms with Gasteiger partial charge in [0.2, 0.25) is 0 Å². The van der Waals surface area contributed by atoms with Crippen LogP contribution in [0, 0.1) is 0 Å². The van der Waals surface area contributed by atoms with Crippen LogP contribution in [-0.4, -0.2) is 25.4 Å². The summed E-state index contributed by atoms with van der Waals surface area (Å²) in [5.74, 6) is 1.51. The summed E-state index contributed by atoms with van der Waals surface area (Å²) >= 11 is 0.